The summed E-state index contributed by atoms with van der Waals surface area (Å²) in [7, 11) is 0. The summed E-state index contributed by atoms with van der Waals surface area (Å²) >= 11 is 1.65. The van der Waals surface area contributed by atoms with Gasteiger partial charge >= 0.3 is 0 Å². The van der Waals surface area contributed by atoms with Crippen LogP contribution in [0.3, 0.4) is 0 Å². The molecule has 0 amide bonds. The molecule has 0 saturated carbocycles. The van der Waals surface area contributed by atoms with Crippen molar-refractivity contribution in [2.24, 2.45) is 0 Å². The number of benzene rings is 1. The van der Waals surface area contributed by atoms with Gasteiger partial charge in [-0.05, 0) is 29.1 Å². The molecular formula is C15H18Cl2F2N2S. The molecule has 1 fully saturated rings. The predicted molar refractivity (Wildman–Crippen MR) is 91.5 cm³/mol. The maximum absolute atomic E-state index is 13.5. The smallest absolute Gasteiger partial charge is 0.159 e. The van der Waals surface area contributed by atoms with Gasteiger partial charge in [-0.2, -0.15) is 0 Å². The number of nitrogens with one attached hydrogen (secondary N) is 1. The lowest BCUT2D eigenvalue weighted by Crippen LogP contribution is -2.45. The molecule has 1 saturated heterocycles. The third-order valence-corrected chi connectivity index (χ3v) is 4.51. The monoisotopic (exact) mass is 366 g/mol. The highest BCUT2D eigenvalue weighted by Crippen LogP contribution is 2.32. The maximum atomic E-state index is 13.5. The van der Waals surface area contributed by atoms with Crippen molar-refractivity contribution in [3.05, 3.63) is 57.8 Å². The van der Waals surface area contributed by atoms with E-state index >= 15 is 0 Å². The van der Waals surface area contributed by atoms with E-state index in [-0.39, 0.29) is 30.9 Å². The molecule has 0 bridgehead atoms. The minimum atomic E-state index is -0.793. The van der Waals surface area contributed by atoms with Crippen molar-refractivity contribution in [3.8, 4) is 0 Å². The zero-order valence-electron chi connectivity index (χ0n) is 11.8. The molecule has 0 radical (unpaired) electrons. The molecule has 0 spiro atoms. The van der Waals surface area contributed by atoms with E-state index in [2.05, 4.69) is 16.3 Å². The lowest BCUT2D eigenvalue weighted by molar-refractivity contribution is 0.200. The second-order valence-corrected chi connectivity index (χ2v) is 5.86. The fraction of sp³-hybridized carbons (Fsp3) is 0.333. The Kier molecular flexibility index (Phi) is 7.72. The highest BCUT2D eigenvalue weighted by atomic mass is 35.5. The Labute approximate surface area is 145 Å². The first-order valence-corrected chi connectivity index (χ1v) is 7.57. The van der Waals surface area contributed by atoms with Gasteiger partial charge in [0.05, 0.1) is 6.04 Å². The van der Waals surface area contributed by atoms with Crippen LogP contribution in [0.2, 0.25) is 0 Å². The second kappa shape index (κ2) is 8.79. The summed E-state index contributed by atoms with van der Waals surface area (Å²) in [4.78, 5) is 3.48. The van der Waals surface area contributed by atoms with Gasteiger partial charge < -0.3 is 5.32 Å². The van der Waals surface area contributed by atoms with Gasteiger partial charge in [0, 0.05) is 31.1 Å². The Morgan fingerprint density at radius 2 is 1.77 bits per heavy atom. The van der Waals surface area contributed by atoms with Crippen LogP contribution in [-0.2, 0) is 0 Å². The Morgan fingerprint density at radius 3 is 2.36 bits per heavy atom. The van der Waals surface area contributed by atoms with Crippen LogP contribution in [0.15, 0.2) is 35.7 Å². The molecule has 1 aliphatic rings. The number of thiophene rings is 1. The number of nitrogens with zero attached hydrogens (tertiary/aromatic N) is 1. The summed E-state index contributed by atoms with van der Waals surface area (Å²) in [5.74, 6) is -1.57. The van der Waals surface area contributed by atoms with Crippen molar-refractivity contribution in [2.45, 2.75) is 6.04 Å². The first-order valence-electron chi connectivity index (χ1n) is 6.69. The van der Waals surface area contributed by atoms with Gasteiger partial charge in [0.1, 0.15) is 0 Å². The summed E-state index contributed by atoms with van der Waals surface area (Å²) < 4.78 is 26.7. The summed E-state index contributed by atoms with van der Waals surface area (Å²) in [6, 6.07) is 8.28. The van der Waals surface area contributed by atoms with Crippen molar-refractivity contribution in [1.29, 1.82) is 0 Å². The number of piperazine rings is 1. The molecule has 1 N–H and O–H groups in total. The van der Waals surface area contributed by atoms with Crippen molar-refractivity contribution < 1.29 is 8.78 Å². The van der Waals surface area contributed by atoms with Gasteiger partial charge in [-0.3, -0.25) is 4.90 Å². The Hall–Kier alpha value is -0.720. The summed E-state index contributed by atoms with van der Waals surface area (Å²) in [5.41, 5.74) is 0.813. The van der Waals surface area contributed by atoms with E-state index < -0.39 is 11.6 Å². The summed E-state index contributed by atoms with van der Waals surface area (Å²) in [5, 5.41) is 5.33. The first-order chi connectivity index (χ1) is 9.75. The quantitative estimate of drug-likeness (QED) is 0.886. The largest absolute Gasteiger partial charge is 0.314 e. The average molecular weight is 367 g/mol. The zero-order chi connectivity index (χ0) is 13.9. The highest BCUT2D eigenvalue weighted by Gasteiger charge is 2.25. The second-order valence-electron chi connectivity index (χ2n) is 4.88. The molecule has 1 aliphatic heterocycles. The van der Waals surface area contributed by atoms with E-state index in [9.17, 15) is 8.78 Å². The molecule has 7 heteroatoms. The number of hydrogen-bond acceptors (Lipinski definition) is 3. The van der Waals surface area contributed by atoms with E-state index in [0.29, 0.717) is 0 Å². The van der Waals surface area contributed by atoms with E-state index in [1.54, 1.807) is 17.4 Å². The third-order valence-electron chi connectivity index (χ3n) is 3.59. The van der Waals surface area contributed by atoms with Crippen molar-refractivity contribution >= 4 is 36.2 Å². The van der Waals surface area contributed by atoms with Gasteiger partial charge in [-0.25, -0.2) is 8.78 Å². The van der Waals surface area contributed by atoms with Crippen LogP contribution in [0.4, 0.5) is 8.78 Å². The zero-order valence-corrected chi connectivity index (χ0v) is 14.2. The third kappa shape index (κ3) is 4.18. The van der Waals surface area contributed by atoms with Gasteiger partial charge in [0.15, 0.2) is 11.6 Å². The lowest BCUT2D eigenvalue weighted by Gasteiger charge is -2.34. The van der Waals surface area contributed by atoms with Crippen LogP contribution in [0.25, 0.3) is 0 Å². The van der Waals surface area contributed by atoms with E-state index in [4.69, 9.17) is 0 Å². The van der Waals surface area contributed by atoms with Crippen LogP contribution in [-0.4, -0.2) is 31.1 Å². The molecule has 0 aliphatic carbocycles. The van der Waals surface area contributed by atoms with Crippen molar-refractivity contribution in [1.82, 2.24) is 10.2 Å². The van der Waals surface area contributed by atoms with Crippen LogP contribution < -0.4 is 5.32 Å². The van der Waals surface area contributed by atoms with Crippen LogP contribution in [0, 0.1) is 11.6 Å². The fourth-order valence-electron chi connectivity index (χ4n) is 2.62. The van der Waals surface area contributed by atoms with Gasteiger partial charge in [-0.1, -0.05) is 12.1 Å². The van der Waals surface area contributed by atoms with Crippen LogP contribution in [0.1, 0.15) is 16.5 Å². The van der Waals surface area contributed by atoms with Crippen LogP contribution >= 0.6 is 36.2 Å². The SMILES string of the molecule is Cl.Cl.Fc1ccc([C@H](c2cccs2)N2CCNCC2)cc1F. The van der Waals surface area contributed by atoms with Crippen molar-refractivity contribution in [2.75, 3.05) is 26.2 Å². The Bertz CT molecular complexity index is 575. The highest BCUT2D eigenvalue weighted by molar-refractivity contribution is 7.10. The molecule has 0 unspecified atom stereocenters. The van der Waals surface area contributed by atoms with E-state index in [1.165, 1.54) is 12.1 Å². The normalized spacial score (nSPS) is 16.5. The van der Waals surface area contributed by atoms with E-state index in [1.807, 2.05) is 11.4 Å². The molecule has 1 aromatic carbocycles. The Morgan fingerprint density at radius 1 is 1.05 bits per heavy atom. The molecule has 22 heavy (non-hydrogen) atoms. The number of hydrogen-bond donors (Lipinski definition) is 1. The minimum Gasteiger partial charge on any atom is -0.314 e. The molecule has 2 aromatic rings. The minimum absolute atomic E-state index is 0. The van der Waals surface area contributed by atoms with Gasteiger partial charge in [0.25, 0.3) is 0 Å². The number of halogens is 4. The molecule has 122 valence electrons. The standard InChI is InChI=1S/C15H16F2N2S.2ClH/c16-12-4-3-11(10-13(12)17)15(14-2-1-9-20-14)19-7-5-18-6-8-19;;/h1-4,9-10,15,18H,5-8H2;2*1H/t15-;;/m1../s1. The van der Waals surface area contributed by atoms with Gasteiger partial charge in [-0.15, -0.1) is 36.2 Å². The molecule has 1 atom stereocenters. The maximum Gasteiger partial charge on any atom is 0.159 e. The Balaban J connectivity index is 0.00000121. The van der Waals surface area contributed by atoms with Crippen molar-refractivity contribution in [3.63, 3.8) is 0 Å². The predicted octanol–water partition coefficient (Wildman–Crippen LogP) is 3.86. The fourth-order valence-corrected chi connectivity index (χ4v) is 3.51. The number of rotatable bonds is 3. The van der Waals surface area contributed by atoms with E-state index in [0.717, 1.165) is 36.6 Å². The van der Waals surface area contributed by atoms with Crippen LogP contribution in [0.5, 0.6) is 0 Å². The average Bonchev–Trinajstić information content (AvgIpc) is 2.98. The molecular weight excluding hydrogens is 349 g/mol. The molecule has 1 aromatic heterocycles. The molecule has 3 rings (SSSR count). The first kappa shape index (κ1) is 19.3. The lowest BCUT2D eigenvalue weighted by atomic mass is 10.0. The topological polar surface area (TPSA) is 15.3 Å². The molecule has 2 heterocycles. The summed E-state index contributed by atoms with van der Waals surface area (Å²) in [6.45, 7) is 3.65. The van der Waals surface area contributed by atoms with Gasteiger partial charge in [0.2, 0.25) is 0 Å². The molecule has 2 nitrogen and oxygen atoms in total. The summed E-state index contributed by atoms with van der Waals surface area (Å²) in [6.07, 6.45) is 0.